The second-order valence-corrected chi connectivity index (χ2v) is 5.70. The first-order valence-electron chi connectivity index (χ1n) is 7.73. The molecule has 3 aromatic rings. The summed E-state index contributed by atoms with van der Waals surface area (Å²) in [6.45, 7) is 1.92. The number of furan rings is 1. The number of para-hydroxylation sites is 1. The minimum atomic E-state index is -0.297. The fraction of sp³-hybridized carbons (Fsp3) is 0.150. The van der Waals surface area contributed by atoms with E-state index in [1.165, 1.54) is 18.2 Å². The fourth-order valence-electron chi connectivity index (χ4n) is 2.45. The smallest absolute Gasteiger partial charge is 0.246 e. The van der Waals surface area contributed by atoms with Crippen LogP contribution in [0, 0.1) is 5.82 Å². The van der Waals surface area contributed by atoms with E-state index in [1.54, 1.807) is 30.2 Å². The summed E-state index contributed by atoms with van der Waals surface area (Å²) in [5, 5.41) is 1.02. The number of amides is 1. The number of carbonyl (C=O) groups excluding carboxylic acids is 1. The van der Waals surface area contributed by atoms with Gasteiger partial charge in [-0.25, -0.2) is 4.39 Å². The van der Waals surface area contributed by atoms with Gasteiger partial charge in [0.25, 0.3) is 0 Å². The zero-order valence-electron chi connectivity index (χ0n) is 13.6. The Hall–Kier alpha value is -2.88. The van der Waals surface area contributed by atoms with Gasteiger partial charge in [-0.2, -0.15) is 0 Å². The Bertz CT molecular complexity index is 847. The minimum Gasteiger partial charge on any atom is -0.459 e. The van der Waals surface area contributed by atoms with Crippen molar-refractivity contribution in [3.05, 3.63) is 77.8 Å². The Morgan fingerprint density at radius 3 is 2.58 bits per heavy atom. The molecule has 1 amide bonds. The molecule has 0 spiro atoms. The lowest BCUT2D eigenvalue weighted by atomic mass is 10.2. The van der Waals surface area contributed by atoms with Crippen LogP contribution >= 0.6 is 0 Å². The second kappa shape index (κ2) is 6.71. The molecule has 3 rings (SSSR count). The summed E-state index contributed by atoms with van der Waals surface area (Å²) in [6, 6.07) is 15.5. The van der Waals surface area contributed by atoms with E-state index in [4.69, 9.17) is 4.42 Å². The van der Waals surface area contributed by atoms with E-state index < -0.39 is 0 Å². The lowest BCUT2D eigenvalue weighted by Gasteiger charge is -2.21. The number of hydrogen-bond donors (Lipinski definition) is 0. The van der Waals surface area contributed by atoms with E-state index in [9.17, 15) is 9.18 Å². The Labute approximate surface area is 140 Å². The number of benzene rings is 2. The molecule has 4 heteroatoms. The van der Waals surface area contributed by atoms with Gasteiger partial charge in [0.15, 0.2) is 0 Å². The Balaban J connectivity index is 1.73. The number of nitrogens with zero attached hydrogens (tertiary/aromatic N) is 1. The van der Waals surface area contributed by atoms with Crippen molar-refractivity contribution in [2.45, 2.75) is 13.0 Å². The van der Waals surface area contributed by atoms with Crippen LogP contribution in [0.2, 0.25) is 0 Å². The molecular formula is C20H18FNO2. The predicted molar refractivity (Wildman–Crippen MR) is 92.8 cm³/mol. The van der Waals surface area contributed by atoms with Gasteiger partial charge in [0.1, 0.15) is 17.2 Å². The summed E-state index contributed by atoms with van der Waals surface area (Å²) in [7, 11) is 1.73. The van der Waals surface area contributed by atoms with Crippen molar-refractivity contribution in [1.29, 1.82) is 0 Å². The van der Waals surface area contributed by atoms with Crippen molar-refractivity contribution < 1.29 is 13.6 Å². The molecule has 1 unspecified atom stereocenters. The molecule has 2 aromatic carbocycles. The third kappa shape index (κ3) is 3.38. The Morgan fingerprint density at radius 2 is 1.88 bits per heavy atom. The topological polar surface area (TPSA) is 33.5 Å². The lowest BCUT2D eigenvalue weighted by Crippen LogP contribution is -2.27. The molecule has 0 aliphatic heterocycles. The normalized spacial score (nSPS) is 12.6. The molecule has 0 aliphatic carbocycles. The maximum atomic E-state index is 12.9. The molecule has 122 valence electrons. The zero-order chi connectivity index (χ0) is 17.1. The third-order valence-electron chi connectivity index (χ3n) is 4.07. The average Bonchev–Trinajstić information content (AvgIpc) is 3.03. The maximum absolute atomic E-state index is 12.9. The standard InChI is InChI=1S/C20H18FNO2/c1-14(19-13-16-5-3-4-6-18(16)24-19)22(2)20(23)12-9-15-7-10-17(21)11-8-15/h3-14H,1-2H3/b12-9+. The highest BCUT2D eigenvalue weighted by Crippen LogP contribution is 2.26. The SMILES string of the molecule is CC(c1cc2ccccc2o1)N(C)C(=O)/C=C/c1ccc(F)cc1. The van der Waals surface area contributed by atoms with Crippen LogP contribution in [0.5, 0.6) is 0 Å². The van der Waals surface area contributed by atoms with E-state index >= 15 is 0 Å². The summed E-state index contributed by atoms with van der Waals surface area (Å²) < 4.78 is 18.7. The average molecular weight is 323 g/mol. The fourth-order valence-corrected chi connectivity index (χ4v) is 2.45. The molecule has 3 nitrogen and oxygen atoms in total. The number of fused-ring (bicyclic) bond motifs is 1. The van der Waals surface area contributed by atoms with Gasteiger partial charge in [-0.1, -0.05) is 30.3 Å². The van der Waals surface area contributed by atoms with Crippen LogP contribution in [-0.4, -0.2) is 17.9 Å². The first kappa shape index (κ1) is 16.0. The first-order chi connectivity index (χ1) is 11.5. The zero-order valence-corrected chi connectivity index (χ0v) is 13.6. The summed E-state index contributed by atoms with van der Waals surface area (Å²) >= 11 is 0. The third-order valence-corrected chi connectivity index (χ3v) is 4.07. The molecule has 0 saturated carbocycles. The highest BCUT2D eigenvalue weighted by atomic mass is 19.1. The van der Waals surface area contributed by atoms with Crippen LogP contribution in [0.3, 0.4) is 0 Å². The van der Waals surface area contributed by atoms with E-state index in [1.807, 2.05) is 37.3 Å². The lowest BCUT2D eigenvalue weighted by molar-refractivity contribution is -0.126. The van der Waals surface area contributed by atoms with E-state index in [0.717, 1.165) is 22.3 Å². The number of hydrogen-bond acceptors (Lipinski definition) is 2. The van der Waals surface area contributed by atoms with E-state index in [0.29, 0.717) is 0 Å². The predicted octanol–water partition coefficient (Wildman–Crippen LogP) is 4.80. The minimum absolute atomic E-state index is 0.146. The van der Waals surface area contributed by atoms with Gasteiger partial charge in [0.05, 0.1) is 6.04 Å². The second-order valence-electron chi connectivity index (χ2n) is 5.70. The summed E-state index contributed by atoms with van der Waals surface area (Å²) in [4.78, 5) is 13.9. The van der Waals surface area contributed by atoms with E-state index in [-0.39, 0.29) is 17.8 Å². The summed E-state index contributed by atoms with van der Waals surface area (Å²) in [5.74, 6) is 0.295. The number of likely N-dealkylation sites (N-methyl/N-ethyl adjacent to an activating group) is 1. The van der Waals surface area contributed by atoms with Crippen molar-refractivity contribution in [2.24, 2.45) is 0 Å². The molecular weight excluding hydrogens is 305 g/mol. The monoisotopic (exact) mass is 323 g/mol. The van der Waals surface area contributed by atoms with Crippen molar-refractivity contribution in [1.82, 2.24) is 4.90 Å². The van der Waals surface area contributed by atoms with Gasteiger partial charge in [0.2, 0.25) is 5.91 Å². The highest BCUT2D eigenvalue weighted by Gasteiger charge is 2.19. The number of rotatable bonds is 4. The van der Waals surface area contributed by atoms with Gasteiger partial charge in [-0.05, 0) is 42.8 Å². The van der Waals surface area contributed by atoms with Crippen LogP contribution < -0.4 is 0 Å². The van der Waals surface area contributed by atoms with Gasteiger partial charge in [-0.15, -0.1) is 0 Å². The maximum Gasteiger partial charge on any atom is 0.246 e. The summed E-state index contributed by atoms with van der Waals surface area (Å²) in [6.07, 6.45) is 3.15. The van der Waals surface area contributed by atoms with Gasteiger partial charge >= 0.3 is 0 Å². The first-order valence-corrected chi connectivity index (χ1v) is 7.73. The van der Waals surface area contributed by atoms with Gasteiger partial charge < -0.3 is 9.32 Å². The van der Waals surface area contributed by atoms with Crippen LogP contribution in [0.4, 0.5) is 4.39 Å². The molecule has 1 aromatic heterocycles. The Kier molecular flexibility index (Phi) is 4.47. The molecule has 24 heavy (non-hydrogen) atoms. The molecule has 0 aliphatic rings. The van der Waals surface area contributed by atoms with Crippen molar-refractivity contribution in [3.8, 4) is 0 Å². The van der Waals surface area contributed by atoms with Crippen LogP contribution in [0.1, 0.15) is 24.3 Å². The molecule has 0 fully saturated rings. The molecule has 1 atom stereocenters. The molecule has 0 N–H and O–H groups in total. The van der Waals surface area contributed by atoms with Crippen LogP contribution in [0.15, 0.2) is 65.1 Å². The summed E-state index contributed by atoms with van der Waals surface area (Å²) in [5.41, 5.74) is 1.58. The quantitative estimate of drug-likeness (QED) is 0.646. The highest BCUT2D eigenvalue weighted by molar-refractivity contribution is 5.92. The molecule has 0 bridgehead atoms. The van der Waals surface area contributed by atoms with Crippen LogP contribution in [-0.2, 0) is 4.79 Å². The molecule has 0 radical (unpaired) electrons. The van der Waals surface area contributed by atoms with Crippen LogP contribution in [0.25, 0.3) is 17.0 Å². The Morgan fingerprint density at radius 1 is 1.17 bits per heavy atom. The molecule has 0 saturated heterocycles. The van der Waals surface area contributed by atoms with Crippen molar-refractivity contribution in [2.75, 3.05) is 7.05 Å². The van der Waals surface area contributed by atoms with Crippen molar-refractivity contribution >= 4 is 23.0 Å². The largest absolute Gasteiger partial charge is 0.459 e. The van der Waals surface area contributed by atoms with E-state index in [2.05, 4.69) is 0 Å². The van der Waals surface area contributed by atoms with Crippen molar-refractivity contribution in [3.63, 3.8) is 0 Å². The number of halogens is 1. The number of carbonyl (C=O) groups is 1. The van der Waals surface area contributed by atoms with Gasteiger partial charge in [-0.3, -0.25) is 4.79 Å². The van der Waals surface area contributed by atoms with Gasteiger partial charge in [0, 0.05) is 18.5 Å². The molecule has 1 heterocycles.